The van der Waals surface area contributed by atoms with E-state index in [1.165, 1.54) is 0 Å². The summed E-state index contributed by atoms with van der Waals surface area (Å²) in [5, 5.41) is 9.38. The lowest BCUT2D eigenvalue weighted by Gasteiger charge is -2.57. The molecule has 88 valence electrons. The van der Waals surface area contributed by atoms with E-state index in [0.29, 0.717) is 25.2 Å². The van der Waals surface area contributed by atoms with Crippen LogP contribution in [0.15, 0.2) is 0 Å². The van der Waals surface area contributed by atoms with Crippen LogP contribution < -0.4 is 0 Å². The van der Waals surface area contributed by atoms with Crippen molar-refractivity contribution in [3.8, 4) is 0 Å². The summed E-state index contributed by atoms with van der Waals surface area (Å²) < 4.78 is 5.17. The molecule has 4 fully saturated rings. The van der Waals surface area contributed by atoms with Crippen LogP contribution in [0.4, 0.5) is 0 Å². The van der Waals surface area contributed by atoms with Gasteiger partial charge in [0, 0.05) is 0 Å². The number of aliphatic carboxylic acids is 1. The molecule has 4 aliphatic rings. The standard InChI is InChI=1S/C12H16O4/c13-6-16-10-8-1-7-2-9(10)5-12(3-7,4-8)11(14)15/h6-10H,1-5H2,(H,14,15). The van der Waals surface area contributed by atoms with Crippen LogP contribution in [-0.2, 0) is 14.3 Å². The van der Waals surface area contributed by atoms with E-state index in [0.717, 1.165) is 19.3 Å². The Morgan fingerprint density at radius 3 is 2.38 bits per heavy atom. The monoisotopic (exact) mass is 224 g/mol. The molecule has 0 heterocycles. The van der Waals surface area contributed by atoms with Crippen molar-refractivity contribution < 1.29 is 19.4 Å². The van der Waals surface area contributed by atoms with Gasteiger partial charge in [0.1, 0.15) is 6.10 Å². The SMILES string of the molecule is O=COC1C2CC3CC1CC(C(=O)O)(C3)C2. The number of carboxylic acid groups (broad SMARTS) is 1. The van der Waals surface area contributed by atoms with Crippen molar-refractivity contribution in [3.63, 3.8) is 0 Å². The van der Waals surface area contributed by atoms with Gasteiger partial charge in [-0.15, -0.1) is 0 Å². The van der Waals surface area contributed by atoms with Crippen molar-refractivity contribution in [1.29, 1.82) is 0 Å². The lowest BCUT2D eigenvalue weighted by atomic mass is 9.48. The highest BCUT2D eigenvalue weighted by atomic mass is 16.5. The summed E-state index contributed by atoms with van der Waals surface area (Å²) in [7, 11) is 0. The quantitative estimate of drug-likeness (QED) is 0.737. The van der Waals surface area contributed by atoms with E-state index in [9.17, 15) is 14.7 Å². The third kappa shape index (κ3) is 1.22. The van der Waals surface area contributed by atoms with Gasteiger partial charge in [-0.3, -0.25) is 9.59 Å². The fourth-order valence-electron chi connectivity index (χ4n) is 4.53. The smallest absolute Gasteiger partial charge is 0.309 e. The molecule has 0 spiro atoms. The highest BCUT2D eigenvalue weighted by Crippen LogP contribution is 2.60. The van der Waals surface area contributed by atoms with Crippen molar-refractivity contribution in [2.75, 3.05) is 0 Å². The molecule has 0 saturated heterocycles. The Labute approximate surface area is 94.0 Å². The van der Waals surface area contributed by atoms with Crippen molar-refractivity contribution in [2.24, 2.45) is 23.2 Å². The average Bonchev–Trinajstić information content (AvgIpc) is 2.22. The van der Waals surface area contributed by atoms with Gasteiger partial charge in [0.2, 0.25) is 0 Å². The molecule has 4 bridgehead atoms. The minimum absolute atomic E-state index is 0.0125. The van der Waals surface area contributed by atoms with E-state index in [2.05, 4.69) is 0 Å². The zero-order valence-corrected chi connectivity index (χ0v) is 9.09. The van der Waals surface area contributed by atoms with E-state index >= 15 is 0 Å². The van der Waals surface area contributed by atoms with Gasteiger partial charge >= 0.3 is 5.97 Å². The fourth-order valence-corrected chi connectivity index (χ4v) is 4.53. The van der Waals surface area contributed by atoms with Crippen LogP contribution >= 0.6 is 0 Å². The number of carbonyl (C=O) groups is 2. The third-order valence-electron chi connectivity index (χ3n) is 4.85. The van der Waals surface area contributed by atoms with Gasteiger partial charge in [-0.25, -0.2) is 0 Å². The molecule has 0 amide bonds. The molecule has 16 heavy (non-hydrogen) atoms. The first-order valence-electron chi connectivity index (χ1n) is 5.97. The number of hydrogen-bond donors (Lipinski definition) is 1. The fraction of sp³-hybridized carbons (Fsp3) is 0.833. The molecule has 2 unspecified atom stereocenters. The van der Waals surface area contributed by atoms with Crippen molar-refractivity contribution in [1.82, 2.24) is 0 Å². The zero-order chi connectivity index (χ0) is 11.3. The number of carbonyl (C=O) groups excluding carboxylic acids is 1. The maximum Gasteiger partial charge on any atom is 0.309 e. The predicted octanol–water partition coefficient (Wildman–Crippen LogP) is 1.44. The molecule has 4 aliphatic carbocycles. The zero-order valence-electron chi connectivity index (χ0n) is 9.09. The number of carboxylic acids is 1. The minimum Gasteiger partial charge on any atom is -0.481 e. The Kier molecular flexibility index (Phi) is 2.03. The number of hydrogen-bond acceptors (Lipinski definition) is 3. The molecule has 0 aliphatic heterocycles. The Bertz CT molecular complexity index is 322. The van der Waals surface area contributed by atoms with Gasteiger partial charge in [-0.1, -0.05) is 0 Å². The summed E-state index contributed by atoms with van der Waals surface area (Å²) >= 11 is 0. The van der Waals surface area contributed by atoms with Crippen molar-refractivity contribution in [2.45, 2.75) is 38.2 Å². The summed E-state index contributed by atoms with van der Waals surface area (Å²) in [5.74, 6) is 0.469. The number of ether oxygens (including phenoxy) is 1. The largest absolute Gasteiger partial charge is 0.481 e. The number of rotatable bonds is 3. The van der Waals surface area contributed by atoms with E-state index in [1.807, 2.05) is 0 Å². The average molecular weight is 224 g/mol. The van der Waals surface area contributed by atoms with Gasteiger partial charge < -0.3 is 9.84 Å². The molecular weight excluding hydrogens is 208 g/mol. The van der Waals surface area contributed by atoms with Crippen LogP contribution in [0.25, 0.3) is 0 Å². The van der Waals surface area contributed by atoms with Crippen molar-refractivity contribution in [3.05, 3.63) is 0 Å². The van der Waals surface area contributed by atoms with Crippen LogP contribution in [0.1, 0.15) is 32.1 Å². The summed E-state index contributed by atoms with van der Waals surface area (Å²) in [6.45, 7) is 0.528. The Balaban J connectivity index is 1.88. The predicted molar refractivity (Wildman–Crippen MR) is 54.6 cm³/mol. The molecule has 4 nitrogen and oxygen atoms in total. The van der Waals surface area contributed by atoms with Crippen LogP contribution in [0, 0.1) is 23.2 Å². The Hall–Kier alpha value is -1.06. The second-order valence-corrected chi connectivity index (χ2v) is 5.75. The van der Waals surface area contributed by atoms with Crippen molar-refractivity contribution >= 4 is 12.4 Å². The van der Waals surface area contributed by atoms with Gasteiger partial charge in [0.15, 0.2) is 0 Å². The lowest BCUT2D eigenvalue weighted by molar-refractivity contribution is -0.186. The van der Waals surface area contributed by atoms with Crippen LogP contribution in [0.5, 0.6) is 0 Å². The Morgan fingerprint density at radius 2 is 1.88 bits per heavy atom. The molecule has 1 N–H and O–H groups in total. The van der Waals surface area contributed by atoms with Gasteiger partial charge in [-0.05, 0) is 49.9 Å². The van der Waals surface area contributed by atoms with Crippen LogP contribution in [-0.4, -0.2) is 23.7 Å². The molecule has 4 rings (SSSR count). The van der Waals surface area contributed by atoms with Crippen LogP contribution in [0.2, 0.25) is 0 Å². The minimum atomic E-state index is -0.642. The maximum atomic E-state index is 11.4. The first-order valence-corrected chi connectivity index (χ1v) is 5.97. The normalized spacial score (nSPS) is 49.0. The lowest BCUT2D eigenvalue weighted by Crippen LogP contribution is -2.56. The first kappa shape index (κ1) is 10.1. The summed E-state index contributed by atoms with van der Waals surface area (Å²) in [4.78, 5) is 21.9. The molecule has 2 atom stereocenters. The molecule has 0 radical (unpaired) electrons. The molecule has 0 aromatic rings. The second kappa shape index (κ2) is 3.22. The Morgan fingerprint density at radius 1 is 1.25 bits per heavy atom. The summed E-state index contributed by atoms with van der Waals surface area (Å²) in [6, 6.07) is 0. The van der Waals surface area contributed by atoms with E-state index in [1.54, 1.807) is 0 Å². The maximum absolute atomic E-state index is 11.4. The van der Waals surface area contributed by atoms with Gasteiger partial charge in [0.05, 0.1) is 5.41 Å². The topological polar surface area (TPSA) is 63.6 Å². The molecule has 0 aromatic carbocycles. The molecule has 4 saturated carbocycles. The first-order chi connectivity index (χ1) is 7.64. The summed E-state index contributed by atoms with van der Waals surface area (Å²) in [6.07, 6.45) is 4.32. The highest BCUT2D eigenvalue weighted by molar-refractivity contribution is 5.75. The van der Waals surface area contributed by atoms with Gasteiger partial charge in [0.25, 0.3) is 6.47 Å². The van der Waals surface area contributed by atoms with Crippen LogP contribution in [0.3, 0.4) is 0 Å². The van der Waals surface area contributed by atoms with E-state index in [4.69, 9.17) is 4.74 Å². The molecular formula is C12H16O4. The molecule has 0 aromatic heterocycles. The second-order valence-electron chi connectivity index (χ2n) is 5.75. The van der Waals surface area contributed by atoms with Gasteiger partial charge in [-0.2, -0.15) is 0 Å². The van der Waals surface area contributed by atoms with E-state index in [-0.39, 0.29) is 17.9 Å². The van der Waals surface area contributed by atoms with E-state index < -0.39 is 11.4 Å². The summed E-state index contributed by atoms with van der Waals surface area (Å²) in [5.41, 5.74) is -0.501. The highest BCUT2D eigenvalue weighted by Gasteiger charge is 2.59. The third-order valence-corrected chi connectivity index (χ3v) is 4.85. The molecule has 4 heteroatoms.